The number of benzene rings is 1. The second kappa shape index (κ2) is 5.34. The summed E-state index contributed by atoms with van der Waals surface area (Å²) in [7, 11) is 1.53. The molecule has 0 fully saturated rings. The van der Waals surface area contributed by atoms with Crippen molar-refractivity contribution in [1.29, 1.82) is 0 Å². The fourth-order valence-corrected chi connectivity index (χ4v) is 1.82. The van der Waals surface area contributed by atoms with Crippen LogP contribution in [0.25, 0.3) is 5.57 Å². The standard InChI is InChI=1S/C10H12INO3/c1-7(2)9-5-4-8(15-3)6-10(9)12(14)11-13/h4-6,13H,1H2,2-3H3/q-2. The SMILES string of the molecule is C=C(C)c1ccc(OC)cc1N([O-])[I-]O. The first-order valence-electron chi connectivity index (χ1n) is 4.20. The van der Waals surface area contributed by atoms with Crippen LogP contribution in [0, 0.1) is 5.21 Å². The number of anilines is 1. The van der Waals surface area contributed by atoms with Crippen molar-refractivity contribution >= 4 is 11.3 Å². The first-order chi connectivity index (χ1) is 7.10. The Morgan fingerprint density at radius 1 is 1.60 bits per heavy atom. The number of halogens is 1. The van der Waals surface area contributed by atoms with Gasteiger partial charge in [0.1, 0.15) is 0 Å². The Labute approximate surface area is 99.9 Å². The molecule has 0 heterocycles. The van der Waals surface area contributed by atoms with Gasteiger partial charge in [-0.2, -0.15) is 0 Å². The van der Waals surface area contributed by atoms with Gasteiger partial charge in [0.2, 0.25) is 0 Å². The fourth-order valence-electron chi connectivity index (χ4n) is 1.19. The molecule has 0 atom stereocenters. The van der Waals surface area contributed by atoms with Crippen molar-refractivity contribution in [3.05, 3.63) is 35.5 Å². The molecule has 15 heavy (non-hydrogen) atoms. The van der Waals surface area contributed by atoms with E-state index in [9.17, 15) is 5.21 Å². The quantitative estimate of drug-likeness (QED) is 0.437. The summed E-state index contributed by atoms with van der Waals surface area (Å²) in [5.74, 6) is 0.591. The van der Waals surface area contributed by atoms with Gasteiger partial charge in [0, 0.05) is 0 Å². The number of methoxy groups -OCH3 is 1. The van der Waals surface area contributed by atoms with Crippen molar-refractivity contribution in [1.82, 2.24) is 0 Å². The van der Waals surface area contributed by atoms with Gasteiger partial charge in [-0.3, -0.25) is 0 Å². The Morgan fingerprint density at radius 3 is 2.73 bits per heavy atom. The number of hydrogen-bond donors (Lipinski definition) is 1. The summed E-state index contributed by atoms with van der Waals surface area (Å²) >= 11 is -1.51. The zero-order valence-corrected chi connectivity index (χ0v) is 10.7. The molecule has 1 rings (SSSR count). The summed E-state index contributed by atoms with van der Waals surface area (Å²) in [6, 6.07) is 5.13. The van der Waals surface area contributed by atoms with Gasteiger partial charge >= 0.3 is 99.9 Å². The summed E-state index contributed by atoms with van der Waals surface area (Å²) in [6.07, 6.45) is 0. The number of rotatable bonds is 4. The predicted molar refractivity (Wildman–Crippen MR) is 55.8 cm³/mol. The first-order valence-corrected chi connectivity index (χ1v) is 6.13. The number of hydrogen-bond acceptors (Lipinski definition) is 4. The summed E-state index contributed by atoms with van der Waals surface area (Å²) in [4.78, 5) is 0. The van der Waals surface area contributed by atoms with Crippen LogP contribution in [0.3, 0.4) is 0 Å². The van der Waals surface area contributed by atoms with E-state index in [1.165, 1.54) is 7.11 Å². The van der Waals surface area contributed by atoms with E-state index in [1.54, 1.807) is 18.2 Å². The van der Waals surface area contributed by atoms with Crippen LogP contribution < -0.4 is 29.9 Å². The van der Waals surface area contributed by atoms with Crippen molar-refractivity contribution in [2.45, 2.75) is 6.92 Å². The molecule has 0 bridgehead atoms. The van der Waals surface area contributed by atoms with E-state index in [4.69, 9.17) is 8.17 Å². The molecule has 0 radical (unpaired) electrons. The second-order valence-corrected chi connectivity index (χ2v) is 4.29. The number of ether oxygens (including phenoxy) is 1. The molecule has 0 aliphatic rings. The maximum atomic E-state index is 11.4. The van der Waals surface area contributed by atoms with Crippen molar-refractivity contribution in [3.8, 4) is 5.75 Å². The Hall–Kier alpha value is -0.790. The van der Waals surface area contributed by atoms with Crippen LogP contribution in [-0.2, 0) is 0 Å². The molecule has 1 aromatic rings. The van der Waals surface area contributed by atoms with Gasteiger partial charge in [0.05, 0.1) is 0 Å². The zero-order valence-electron chi connectivity index (χ0n) is 8.53. The van der Waals surface area contributed by atoms with Gasteiger partial charge in [-0.1, -0.05) is 0 Å². The van der Waals surface area contributed by atoms with Gasteiger partial charge in [0.15, 0.2) is 0 Å². The van der Waals surface area contributed by atoms with Crippen LogP contribution in [0.1, 0.15) is 12.5 Å². The molecule has 0 aromatic heterocycles. The van der Waals surface area contributed by atoms with Crippen molar-refractivity contribution in [2.24, 2.45) is 0 Å². The van der Waals surface area contributed by atoms with E-state index in [0.29, 0.717) is 14.7 Å². The van der Waals surface area contributed by atoms with Crippen molar-refractivity contribution in [3.63, 3.8) is 0 Å². The molecule has 0 saturated carbocycles. The molecular formula is C10H12INO3-2. The summed E-state index contributed by atoms with van der Waals surface area (Å²) in [5.41, 5.74) is 1.93. The number of allylic oxidation sites excluding steroid dienone is 1. The van der Waals surface area contributed by atoms with Crippen molar-refractivity contribution < 1.29 is 30.1 Å². The molecule has 84 valence electrons. The van der Waals surface area contributed by atoms with Crippen molar-refractivity contribution in [2.75, 3.05) is 10.4 Å². The van der Waals surface area contributed by atoms with Crippen LogP contribution in [0.5, 0.6) is 5.75 Å². The third-order valence-electron chi connectivity index (χ3n) is 1.92. The Balaban J connectivity index is 3.22. The summed E-state index contributed by atoms with van der Waals surface area (Å²) in [6.45, 7) is 5.60. The molecule has 0 aliphatic heterocycles. The Kier molecular flexibility index (Phi) is 4.37. The molecule has 0 saturated heterocycles. The molecular weight excluding hydrogens is 309 g/mol. The minimum atomic E-state index is -1.51. The topological polar surface area (TPSA) is 55.8 Å². The molecule has 5 heteroatoms. The van der Waals surface area contributed by atoms with E-state index in [2.05, 4.69) is 6.58 Å². The summed E-state index contributed by atoms with van der Waals surface area (Å²) < 4.78 is 14.5. The van der Waals surface area contributed by atoms with Crippen LogP contribution in [-0.4, -0.2) is 10.5 Å². The molecule has 0 unspecified atom stereocenters. The fraction of sp³-hybridized carbons (Fsp3) is 0.200. The Bertz CT molecular complexity index is 368. The zero-order chi connectivity index (χ0) is 11.4. The third kappa shape index (κ3) is 2.83. The van der Waals surface area contributed by atoms with Gasteiger partial charge < -0.3 is 0 Å². The average molecular weight is 321 g/mol. The first kappa shape index (κ1) is 12.3. The van der Waals surface area contributed by atoms with Crippen LogP contribution in [0.2, 0.25) is 0 Å². The molecule has 4 nitrogen and oxygen atoms in total. The third-order valence-corrected chi connectivity index (χ3v) is 2.83. The van der Waals surface area contributed by atoms with E-state index in [1.807, 2.05) is 6.92 Å². The number of nitrogens with zero attached hydrogens (tertiary/aromatic N) is 1. The summed E-state index contributed by atoms with van der Waals surface area (Å²) in [5, 5.41) is 11.4. The molecule has 0 spiro atoms. The van der Waals surface area contributed by atoms with Gasteiger partial charge in [-0.05, 0) is 0 Å². The molecule has 0 amide bonds. The average Bonchev–Trinajstić information content (AvgIpc) is 2.26. The van der Waals surface area contributed by atoms with E-state index < -0.39 is 21.9 Å². The predicted octanol–water partition coefficient (Wildman–Crippen LogP) is -1.06. The van der Waals surface area contributed by atoms with Gasteiger partial charge in [-0.25, -0.2) is 0 Å². The second-order valence-electron chi connectivity index (χ2n) is 2.98. The maximum absolute atomic E-state index is 11.4. The minimum absolute atomic E-state index is 0.414. The monoisotopic (exact) mass is 321 g/mol. The van der Waals surface area contributed by atoms with Crippen LogP contribution >= 0.6 is 0 Å². The van der Waals surface area contributed by atoms with Gasteiger partial charge in [0.25, 0.3) is 0 Å². The van der Waals surface area contributed by atoms with Gasteiger partial charge in [-0.15, -0.1) is 0 Å². The van der Waals surface area contributed by atoms with Crippen LogP contribution in [0.4, 0.5) is 5.69 Å². The van der Waals surface area contributed by atoms with Crippen LogP contribution in [0.15, 0.2) is 24.8 Å². The molecule has 0 aliphatic carbocycles. The molecule has 1 N–H and O–H groups in total. The molecule has 1 aromatic carbocycles. The normalized spacial score (nSPS) is 10.1. The van der Waals surface area contributed by atoms with E-state index in [0.717, 1.165) is 11.1 Å². The van der Waals surface area contributed by atoms with E-state index in [-0.39, 0.29) is 0 Å². The van der Waals surface area contributed by atoms with E-state index >= 15 is 0 Å². The Morgan fingerprint density at radius 2 is 2.27 bits per heavy atom.